The molecule has 0 radical (unpaired) electrons. The molecule has 2 aromatic rings. The molecule has 3 rings (SSSR count). The highest BCUT2D eigenvalue weighted by Crippen LogP contribution is 2.26. The van der Waals surface area contributed by atoms with Gasteiger partial charge in [0.25, 0.3) is 0 Å². The van der Waals surface area contributed by atoms with E-state index < -0.39 is 0 Å². The van der Waals surface area contributed by atoms with Crippen molar-refractivity contribution in [3.63, 3.8) is 0 Å². The Morgan fingerprint density at radius 2 is 1.95 bits per heavy atom. The summed E-state index contributed by atoms with van der Waals surface area (Å²) in [4.78, 5) is 2.58. The molecule has 1 fully saturated rings. The normalized spacial score (nSPS) is 16.7. The number of piperazine rings is 1. The summed E-state index contributed by atoms with van der Waals surface area (Å²) < 4.78 is 2.40. The minimum absolute atomic E-state index is 0.593. The number of hydrogen-bond acceptors (Lipinski definition) is 2. The fraction of sp³-hybridized carbons (Fsp3) is 0.579. The van der Waals surface area contributed by atoms with Crippen LogP contribution >= 0.6 is 0 Å². The van der Waals surface area contributed by atoms with Gasteiger partial charge in [0, 0.05) is 56.4 Å². The van der Waals surface area contributed by atoms with Crippen LogP contribution in [0.25, 0.3) is 10.9 Å². The summed E-state index contributed by atoms with van der Waals surface area (Å²) >= 11 is 0. The first-order valence-electron chi connectivity index (χ1n) is 8.73. The van der Waals surface area contributed by atoms with E-state index in [1.165, 1.54) is 41.7 Å². The van der Waals surface area contributed by atoms with Gasteiger partial charge in [0.05, 0.1) is 0 Å². The molecule has 22 heavy (non-hydrogen) atoms. The van der Waals surface area contributed by atoms with Gasteiger partial charge in [-0.1, -0.05) is 19.9 Å². The summed E-state index contributed by atoms with van der Waals surface area (Å²) in [6, 6.07) is 7.01. The predicted molar refractivity (Wildman–Crippen MR) is 94.7 cm³/mol. The highest BCUT2D eigenvalue weighted by atomic mass is 15.2. The van der Waals surface area contributed by atoms with E-state index >= 15 is 0 Å². The van der Waals surface area contributed by atoms with Crippen molar-refractivity contribution in [1.29, 1.82) is 0 Å². The topological polar surface area (TPSA) is 20.2 Å². The first kappa shape index (κ1) is 15.6. The molecule has 2 heterocycles. The molecule has 0 amide bonds. The van der Waals surface area contributed by atoms with Crippen LogP contribution in [0, 0.1) is 0 Å². The van der Waals surface area contributed by atoms with Crippen molar-refractivity contribution < 1.29 is 0 Å². The molecule has 3 nitrogen and oxygen atoms in total. The van der Waals surface area contributed by atoms with E-state index in [1.54, 1.807) is 0 Å². The molecule has 1 aromatic heterocycles. The lowest BCUT2D eigenvalue weighted by Crippen LogP contribution is -2.44. The second kappa shape index (κ2) is 6.84. The maximum atomic E-state index is 3.43. The lowest BCUT2D eigenvalue weighted by molar-refractivity contribution is 0.244. The summed E-state index contributed by atoms with van der Waals surface area (Å²) in [7, 11) is 0. The molecular weight excluding hydrogens is 270 g/mol. The number of aryl methyl sites for hydroxylation is 1. The second-order valence-electron chi connectivity index (χ2n) is 6.71. The third-order valence-corrected chi connectivity index (χ3v) is 4.90. The van der Waals surface area contributed by atoms with Gasteiger partial charge in [0.2, 0.25) is 0 Å². The Balaban J connectivity index is 1.85. The Morgan fingerprint density at radius 3 is 2.64 bits per heavy atom. The zero-order valence-corrected chi connectivity index (χ0v) is 14.2. The number of benzene rings is 1. The van der Waals surface area contributed by atoms with Crippen LogP contribution in [0.1, 0.15) is 37.8 Å². The van der Waals surface area contributed by atoms with E-state index in [0.717, 1.165) is 26.1 Å². The van der Waals surface area contributed by atoms with Crippen LogP contribution in [-0.4, -0.2) is 42.2 Å². The van der Waals surface area contributed by atoms with Crippen molar-refractivity contribution in [3.8, 4) is 0 Å². The predicted octanol–water partition coefficient (Wildman–Crippen LogP) is 3.23. The van der Waals surface area contributed by atoms with Gasteiger partial charge < -0.3 is 14.8 Å². The van der Waals surface area contributed by atoms with Crippen molar-refractivity contribution in [2.24, 2.45) is 0 Å². The SMILES string of the molecule is CCn1cc(CCN2CCNCC2)c2cc(C(C)C)ccc21. The van der Waals surface area contributed by atoms with Gasteiger partial charge in [0.1, 0.15) is 0 Å². The summed E-state index contributed by atoms with van der Waals surface area (Å²) in [5.74, 6) is 0.593. The molecule has 3 heteroatoms. The van der Waals surface area contributed by atoms with Gasteiger partial charge in [-0.25, -0.2) is 0 Å². The average Bonchev–Trinajstić information content (AvgIpc) is 2.91. The quantitative estimate of drug-likeness (QED) is 0.914. The van der Waals surface area contributed by atoms with E-state index in [0.29, 0.717) is 5.92 Å². The first-order valence-corrected chi connectivity index (χ1v) is 8.73. The Labute approximate surface area is 134 Å². The smallest absolute Gasteiger partial charge is 0.0483 e. The van der Waals surface area contributed by atoms with Crippen molar-refractivity contribution in [3.05, 3.63) is 35.5 Å². The Bertz CT molecular complexity index is 621. The van der Waals surface area contributed by atoms with Crippen LogP contribution in [0.5, 0.6) is 0 Å². The van der Waals surface area contributed by atoms with Gasteiger partial charge in [-0.2, -0.15) is 0 Å². The highest BCUT2D eigenvalue weighted by molar-refractivity contribution is 5.85. The molecule has 120 valence electrons. The molecule has 0 spiro atoms. The van der Waals surface area contributed by atoms with Gasteiger partial charge >= 0.3 is 0 Å². The largest absolute Gasteiger partial charge is 0.347 e. The molecular formula is C19H29N3. The lowest BCUT2D eigenvalue weighted by atomic mass is 10.00. The Morgan fingerprint density at radius 1 is 1.18 bits per heavy atom. The molecule has 1 N–H and O–H groups in total. The number of nitrogens with zero attached hydrogens (tertiary/aromatic N) is 2. The van der Waals surface area contributed by atoms with Gasteiger partial charge in [-0.3, -0.25) is 0 Å². The van der Waals surface area contributed by atoms with Crippen LogP contribution in [0.2, 0.25) is 0 Å². The molecule has 0 atom stereocenters. The van der Waals surface area contributed by atoms with Crippen LogP contribution < -0.4 is 5.32 Å². The van der Waals surface area contributed by atoms with Gasteiger partial charge in [-0.05, 0) is 42.5 Å². The third-order valence-electron chi connectivity index (χ3n) is 4.90. The highest BCUT2D eigenvalue weighted by Gasteiger charge is 2.13. The maximum absolute atomic E-state index is 3.43. The minimum Gasteiger partial charge on any atom is -0.347 e. The Kier molecular flexibility index (Phi) is 4.84. The summed E-state index contributed by atoms with van der Waals surface area (Å²) in [6.07, 6.45) is 3.53. The summed E-state index contributed by atoms with van der Waals surface area (Å²) in [6.45, 7) is 13.6. The van der Waals surface area contributed by atoms with Crippen molar-refractivity contribution in [2.45, 2.75) is 39.7 Å². The van der Waals surface area contributed by atoms with E-state index in [-0.39, 0.29) is 0 Å². The molecule has 1 saturated heterocycles. The molecule has 1 aromatic carbocycles. The number of fused-ring (bicyclic) bond motifs is 1. The molecule has 1 aliphatic rings. The standard InChI is InChI=1S/C19H29N3/c1-4-22-14-17(7-10-21-11-8-20-9-12-21)18-13-16(15(2)3)5-6-19(18)22/h5-6,13-15,20H,4,7-12H2,1-3H3. The summed E-state index contributed by atoms with van der Waals surface area (Å²) in [5, 5.41) is 4.89. The fourth-order valence-electron chi connectivity index (χ4n) is 3.42. The molecule has 1 aliphatic heterocycles. The number of aromatic nitrogens is 1. The van der Waals surface area contributed by atoms with Crippen molar-refractivity contribution in [2.75, 3.05) is 32.7 Å². The van der Waals surface area contributed by atoms with E-state index in [1.807, 2.05) is 0 Å². The van der Waals surface area contributed by atoms with Crippen molar-refractivity contribution in [1.82, 2.24) is 14.8 Å². The monoisotopic (exact) mass is 299 g/mol. The number of hydrogen-bond donors (Lipinski definition) is 1. The fourth-order valence-corrected chi connectivity index (χ4v) is 3.42. The zero-order valence-electron chi connectivity index (χ0n) is 14.2. The number of rotatable bonds is 5. The van der Waals surface area contributed by atoms with Crippen molar-refractivity contribution >= 4 is 10.9 Å². The van der Waals surface area contributed by atoms with E-state index in [2.05, 4.69) is 60.0 Å². The molecule has 0 unspecified atom stereocenters. The van der Waals surface area contributed by atoms with Crippen LogP contribution in [-0.2, 0) is 13.0 Å². The van der Waals surface area contributed by atoms with Crippen LogP contribution in [0.15, 0.2) is 24.4 Å². The Hall–Kier alpha value is -1.32. The first-order chi connectivity index (χ1) is 10.7. The maximum Gasteiger partial charge on any atom is 0.0483 e. The molecule has 0 saturated carbocycles. The van der Waals surface area contributed by atoms with Gasteiger partial charge in [-0.15, -0.1) is 0 Å². The summed E-state index contributed by atoms with van der Waals surface area (Å²) in [5.41, 5.74) is 4.35. The second-order valence-corrected chi connectivity index (χ2v) is 6.71. The zero-order chi connectivity index (χ0) is 15.5. The average molecular weight is 299 g/mol. The van der Waals surface area contributed by atoms with Crippen LogP contribution in [0.4, 0.5) is 0 Å². The third kappa shape index (κ3) is 3.21. The van der Waals surface area contributed by atoms with Crippen LogP contribution in [0.3, 0.4) is 0 Å². The van der Waals surface area contributed by atoms with Gasteiger partial charge in [0.15, 0.2) is 0 Å². The molecule has 0 aliphatic carbocycles. The lowest BCUT2D eigenvalue weighted by Gasteiger charge is -2.27. The van der Waals surface area contributed by atoms with E-state index in [4.69, 9.17) is 0 Å². The minimum atomic E-state index is 0.593. The van der Waals surface area contributed by atoms with E-state index in [9.17, 15) is 0 Å². The number of nitrogens with one attached hydrogen (secondary N) is 1. The molecule has 0 bridgehead atoms.